The molecule has 55 heavy (non-hydrogen) atoms. The second-order valence-electron chi connectivity index (χ2n) is 12.9. The first-order valence-electron chi connectivity index (χ1n) is 17.3. The maximum atomic E-state index is 13.8. The van der Waals surface area contributed by atoms with Crippen LogP contribution < -0.4 is 5.56 Å². The molecule has 292 valence electrons. The Hall–Kier alpha value is -5.88. The summed E-state index contributed by atoms with van der Waals surface area (Å²) in [4.78, 5) is 93.0. The zero-order valence-electron chi connectivity index (χ0n) is 30.5. The highest BCUT2D eigenvalue weighted by atomic mass is 16.8. The molecular formula is C37H38N2O16. The van der Waals surface area contributed by atoms with E-state index in [9.17, 15) is 33.6 Å². The van der Waals surface area contributed by atoms with Crippen LogP contribution in [0.25, 0.3) is 22.3 Å². The quantitative estimate of drug-likeness (QED) is 0.121. The van der Waals surface area contributed by atoms with Crippen molar-refractivity contribution in [3.63, 3.8) is 0 Å². The van der Waals surface area contributed by atoms with Crippen molar-refractivity contribution in [2.24, 2.45) is 0 Å². The number of aromatic nitrogens is 2. The van der Waals surface area contributed by atoms with Crippen LogP contribution in [0, 0.1) is 0 Å². The number of ether oxygens (including phenoxy) is 9. The van der Waals surface area contributed by atoms with E-state index in [0.29, 0.717) is 16.9 Å². The number of carbonyl (C=O) groups is 6. The summed E-state index contributed by atoms with van der Waals surface area (Å²) in [7, 11) is 0. The monoisotopic (exact) mass is 766 g/mol. The van der Waals surface area contributed by atoms with Crippen molar-refractivity contribution in [2.75, 3.05) is 19.8 Å². The molecule has 0 amide bonds. The second kappa shape index (κ2) is 15.8. The van der Waals surface area contributed by atoms with Gasteiger partial charge in [-0.3, -0.25) is 24.0 Å². The van der Waals surface area contributed by atoms with Crippen LogP contribution in [-0.2, 0) is 85.4 Å². The van der Waals surface area contributed by atoms with Gasteiger partial charge in [-0.05, 0) is 24.6 Å². The topological polar surface area (TPSA) is 220 Å². The fraction of sp³-hybridized carbons (Fsp3) is 0.459. The van der Waals surface area contributed by atoms with E-state index in [1.807, 2.05) is 30.3 Å². The van der Waals surface area contributed by atoms with E-state index >= 15 is 0 Å². The number of hydrogen-bond acceptors (Lipinski definition) is 17. The van der Waals surface area contributed by atoms with Gasteiger partial charge in [0.25, 0.3) is 5.56 Å². The zero-order chi connectivity index (χ0) is 39.6. The minimum Gasteiger partial charge on any atom is -0.463 e. The van der Waals surface area contributed by atoms with Crippen LogP contribution in [0.5, 0.6) is 0 Å². The molecule has 0 bridgehead atoms. The minimum absolute atomic E-state index is 0.115. The summed E-state index contributed by atoms with van der Waals surface area (Å²) in [5.74, 6) is -4.05. The number of carbonyl (C=O) groups excluding carboxylic acids is 6. The van der Waals surface area contributed by atoms with Crippen LogP contribution in [0.1, 0.15) is 57.7 Å². The van der Waals surface area contributed by atoms with Gasteiger partial charge >= 0.3 is 36.0 Å². The lowest BCUT2D eigenvalue weighted by molar-refractivity contribution is -0.309. The van der Waals surface area contributed by atoms with Gasteiger partial charge in [0, 0.05) is 44.2 Å². The van der Waals surface area contributed by atoms with Crippen molar-refractivity contribution in [1.82, 2.24) is 9.55 Å². The normalized spacial score (nSPS) is 23.7. The van der Waals surface area contributed by atoms with Crippen molar-refractivity contribution in [3.05, 3.63) is 63.4 Å². The molecule has 18 heteroatoms. The Kier molecular flexibility index (Phi) is 11.2. The summed E-state index contributed by atoms with van der Waals surface area (Å²) < 4.78 is 50.6. The summed E-state index contributed by atoms with van der Waals surface area (Å²) in [5, 5.41) is 0.900. The number of rotatable bonds is 11. The molecule has 3 unspecified atom stereocenters. The molecule has 6 atom stereocenters. The lowest BCUT2D eigenvalue weighted by Gasteiger charge is -2.44. The first-order chi connectivity index (χ1) is 26.2. The Morgan fingerprint density at radius 3 is 2.25 bits per heavy atom. The number of cyclic esters (lactones) is 1. The Bertz CT molecular complexity index is 2110. The van der Waals surface area contributed by atoms with Crippen molar-refractivity contribution in [2.45, 2.75) is 90.5 Å². The Morgan fingerprint density at radius 1 is 0.873 bits per heavy atom. The van der Waals surface area contributed by atoms with E-state index in [1.165, 1.54) is 4.57 Å². The summed E-state index contributed by atoms with van der Waals surface area (Å²) in [6.45, 7) is 4.47. The fourth-order valence-electron chi connectivity index (χ4n) is 6.87. The van der Waals surface area contributed by atoms with Gasteiger partial charge in [0.15, 0.2) is 24.6 Å². The first kappa shape index (κ1) is 38.8. The largest absolute Gasteiger partial charge is 0.509 e. The number of pyridine rings is 2. The van der Waals surface area contributed by atoms with Gasteiger partial charge in [0.05, 0.1) is 35.6 Å². The van der Waals surface area contributed by atoms with E-state index in [1.54, 1.807) is 13.0 Å². The molecule has 1 saturated heterocycles. The third kappa shape index (κ3) is 7.86. The fourth-order valence-corrected chi connectivity index (χ4v) is 6.87. The molecule has 18 nitrogen and oxygen atoms in total. The van der Waals surface area contributed by atoms with E-state index in [0.717, 1.165) is 38.6 Å². The van der Waals surface area contributed by atoms with Crippen LogP contribution in [-0.4, -0.2) is 96.1 Å². The molecule has 0 saturated carbocycles. The predicted octanol–water partition coefficient (Wildman–Crippen LogP) is 2.34. The minimum atomic E-state index is -2.04. The van der Waals surface area contributed by atoms with Gasteiger partial charge < -0.3 is 47.2 Å². The van der Waals surface area contributed by atoms with Crippen LogP contribution in [0.4, 0.5) is 4.79 Å². The molecule has 1 fully saturated rings. The Labute approximate surface area is 312 Å². The van der Waals surface area contributed by atoms with Crippen molar-refractivity contribution in [1.29, 1.82) is 0 Å². The second-order valence-corrected chi connectivity index (χ2v) is 12.9. The van der Waals surface area contributed by atoms with Crippen molar-refractivity contribution in [3.8, 4) is 11.4 Å². The lowest BCUT2D eigenvalue weighted by Crippen LogP contribution is -2.63. The van der Waals surface area contributed by atoms with Crippen LogP contribution in [0.15, 0.2) is 41.2 Å². The van der Waals surface area contributed by atoms with Gasteiger partial charge in [0.1, 0.15) is 25.9 Å². The maximum absolute atomic E-state index is 13.8. The standard InChI is InChI=1S/C37H38N2O16/c1-6-37(25-14-27-29-23(13-22-9-7-8-10-26(22)38-29)15-39(27)33(44)24(25)16-50-35(37)45)55-36(46)48-12-11-47-34-32(53-21(5)43)31(52-20(4)42)30(51-19(3)41)28(54-34)17-49-18(2)40/h7-10,13-14,28,30-32,34H,6,11-12,15-17H2,1-5H3/t28?,30-,31?,32-,34?,37+/m1/s1. The molecule has 6 rings (SSSR count). The van der Waals surface area contributed by atoms with Gasteiger partial charge in [-0.25, -0.2) is 14.6 Å². The highest BCUT2D eigenvalue weighted by Gasteiger charge is 2.53. The van der Waals surface area contributed by atoms with Crippen LogP contribution >= 0.6 is 0 Å². The third-order valence-electron chi connectivity index (χ3n) is 9.18. The molecule has 1 aromatic carbocycles. The number of hydrogen-bond donors (Lipinski definition) is 0. The number of para-hydroxylation sites is 1. The summed E-state index contributed by atoms with van der Waals surface area (Å²) in [6, 6.07) is 11.1. The number of nitrogens with zero attached hydrogens (tertiary/aromatic N) is 2. The highest BCUT2D eigenvalue weighted by Crippen LogP contribution is 2.41. The molecule has 0 spiro atoms. The lowest BCUT2D eigenvalue weighted by atomic mass is 9.85. The smallest absolute Gasteiger partial charge is 0.463 e. The van der Waals surface area contributed by atoms with Gasteiger partial charge in [0.2, 0.25) is 5.60 Å². The predicted molar refractivity (Wildman–Crippen MR) is 183 cm³/mol. The highest BCUT2D eigenvalue weighted by molar-refractivity contribution is 5.87. The summed E-state index contributed by atoms with van der Waals surface area (Å²) in [6.07, 6.45) is -8.56. The van der Waals surface area contributed by atoms with Crippen LogP contribution in [0.2, 0.25) is 0 Å². The number of benzene rings is 1. The average Bonchev–Trinajstić information content (AvgIpc) is 3.48. The maximum Gasteiger partial charge on any atom is 0.509 e. The Morgan fingerprint density at radius 2 is 1.56 bits per heavy atom. The molecule has 3 aliphatic rings. The van der Waals surface area contributed by atoms with Crippen LogP contribution in [0.3, 0.4) is 0 Å². The summed E-state index contributed by atoms with van der Waals surface area (Å²) >= 11 is 0. The van der Waals surface area contributed by atoms with Gasteiger partial charge in [-0.2, -0.15) is 0 Å². The number of esters is 5. The third-order valence-corrected chi connectivity index (χ3v) is 9.18. The molecule has 2 aromatic heterocycles. The number of fused-ring (bicyclic) bond motifs is 5. The van der Waals surface area contributed by atoms with E-state index in [2.05, 4.69) is 0 Å². The molecule has 0 N–H and O–H groups in total. The van der Waals surface area contributed by atoms with Crippen molar-refractivity contribution < 1.29 is 71.4 Å². The van der Waals surface area contributed by atoms with E-state index in [-0.39, 0.29) is 30.7 Å². The molecule has 3 aliphatic heterocycles. The zero-order valence-corrected chi connectivity index (χ0v) is 30.5. The average molecular weight is 767 g/mol. The van der Waals surface area contributed by atoms with Gasteiger partial charge in [-0.1, -0.05) is 25.1 Å². The van der Waals surface area contributed by atoms with E-state index < -0.39 is 97.7 Å². The molecule has 0 radical (unpaired) electrons. The summed E-state index contributed by atoms with van der Waals surface area (Å²) in [5.41, 5.74) is 0.362. The SMILES string of the molecule is CC[C@@]1(OC(=O)OCCOC2OC(COC(C)=O)[C@@H](OC(C)=O)C(OC(C)=O)[C@H]2OC(C)=O)C(=O)OCc2c1cc1n(c2=O)Cc2cc3ccccc3nc2-1. The molecule has 5 heterocycles. The van der Waals surface area contributed by atoms with Crippen molar-refractivity contribution >= 4 is 46.9 Å². The first-order valence-corrected chi connectivity index (χ1v) is 17.3. The molecular weight excluding hydrogens is 728 g/mol. The van der Waals surface area contributed by atoms with Gasteiger partial charge in [-0.15, -0.1) is 0 Å². The molecule has 3 aromatic rings. The Balaban J connectivity index is 1.19. The molecule has 0 aliphatic carbocycles. The van der Waals surface area contributed by atoms with E-state index in [4.69, 9.17) is 47.6 Å².